The van der Waals surface area contributed by atoms with Gasteiger partial charge in [0.2, 0.25) is 26.4 Å². The Morgan fingerprint density at radius 1 is 0.671 bits per heavy atom. The molecular weight excluding hydrogens is 1030 g/mol. The summed E-state index contributed by atoms with van der Waals surface area (Å²) in [6, 6.07) is 14.9. The Hall–Kier alpha value is -5.80. The monoisotopic (exact) mass is 1130 g/mol. The molecule has 0 radical (unpaired) electrons. The van der Waals surface area contributed by atoms with Gasteiger partial charge in [-0.15, -0.1) is 0 Å². The fourth-order valence-corrected chi connectivity index (χ4v) is 10.4. The van der Waals surface area contributed by atoms with E-state index in [1.54, 1.807) is 28.1 Å². The van der Waals surface area contributed by atoms with E-state index in [0.29, 0.717) is 44.7 Å². The zero-order chi connectivity index (χ0) is 60.1. The van der Waals surface area contributed by atoms with Crippen molar-refractivity contribution in [1.82, 2.24) is 20.2 Å². The number of hydrogen-bond donors (Lipinski definition) is 3. The molecule has 2 heterocycles. The number of fused-ring (bicyclic) bond motifs is 2. The first kappa shape index (κ1) is 71.2. The van der Waals surface area contributed by atoms with E-state index in [-0.39, 0.29) is 36.2 Å². The summed E-state index contributed by atoms with van der Waals surface area (Å²) in [5.41, 5.74) is 2.83. The van der Waals surface area contributed by atoms with Gasteiger partial charge in [0.1, 0.15) is 35.1 Å². The molecule has 2 unspecified atom stereocenters. The van der Waals surface area contributed by atoms with Crippen LogP contribution < -0.4 is 20.1 Å². The van der Waals surface area contributed by atoms with Crippen molar-refractivity contribution in [3.8, 4) is 11.5 Å². The first-order valence-electron chi connectivity index (χ1n) is 27.5. The van der Waals surface area contributed by atoms with E-state index in [0.717, 1.165) is 69.7 Å². The van der Waals surface area contributed by atoms with Gasteiger partial charge in [-0.3, -0.25) is 28.5 Å². The van der Waals surface area contributed by atoms with Crippen LogP contribution in [0.15, 0.2) is 48.8 Å². The van der Waals surface area contributed by atoms with Gasteiger partial charge in [0.15, 0.2) is 6.23 Å². The number of carbonyl (C=O) groups excluding carboxylic acids is 6. The molecule has 0 saturated carbocycles. The van der Waals surface area contributed by atoms with Crippen molar-refractivity contribution in [2.45, 2.75) is 204 Å². The normalized spacial score (nSPS) is 12.3. The van der Waals surface area contributed by atoms with Gasteiger partial charge in [-0.2, -0.15) is 0 Å². The van der Waals surface area contributed by atoms with Gasteiger partial charge in [-0.1, -0.05) is 48.5 Å². The molecule has 0 saturated heterocycles. The molecule has 0 aliphatic heterocycles. The maximum absolute atomic E-state index is 11.5. The largest absolute Gasteiger partial charge is 0.497 e. The van der Waals surface area contributed by atoms with Crippen LogP contribution in [0.2, 0.25) is 18.1 Å². The van der Waals surface area contributed by atoms with Gasteiger partial charge in [0.25, 0.3) is 0 Å². The van der Waals surface area contributed by atoms with Crippen LogP contribution in [0.4, 0.5) is 0 Å². The number of aromatic nitrogens is 2. The quantitative estimate of drug-likeness (QED) is 0.0115. The minimum absolute atomic E-state index is 0.00224. The highest BCUT2D eigenvalue weighted by Crippen LogP contribution is 2.34. The predicted molar refractivity (Wildman–Crippen MR) is 310 cm³/mol. The Balaban J connectivity index is 0.000000618. The summed E-state index contributed by atoms with van der Waals surface area (Å²) in [6.07, 6.45) is 6.66. The Labute approximate surface area is 471 Å². The summed E-state index contributed by atoms with van der Waals surface area (Å²) < 4.78 is 33.9. The number of aldehydes is 1. The molecule has 0 aliphatic rings. The molecule has 0 fully saturated rings. The highest BCUT2D eigenvalue weighted by molar-refractivity contribution is 6.73. The lowest BCUT2D eigenvalue weighted by Crippen LogP contribution is -2.41. The zero-order valence-corrected chi connectivity index (χ0v) is 51.9. The molecule has 446 valence electrons. The molecule has 0 spiro atoms. The molecule has 2 atom stereocenters. The smallest absolute Gasteiger partial charge is 0.305 e. The molecule has 4 rings (SSSR count). The van der Waals surface area contributed by atoms with E-state index in [1.165, 1.54) is 40.2 Å². The number of carbonyl (C=O) groups is 6. The van der Waals surface area contributed by atoms with Crippen LogP contribution in [0.3, 0.4) is 0 Å². The van der Waals surface area contributed by atoms with Crippen LogP contribution in [-0.2, 0) is 75.1 Å². The van der Waals surface area contributed by atoms with Crippen molar-refractivity contribution < 1.29 is 71.7 Å². The molecule has 2 amide bonds. The van der Waals surface area contributed by atoms with Crippen molar-refractivity contribution in [2.24, 2.45) is 11.8 Å². The number of nitrogens with zero attached hydrogens (tertiary/aromatic N) is 1. The molecule has 19 nitrogen and oxygen atoms in total. The lowest BCUT2D eigenvalue weighted by Gasteiger charge is -2.33. The topological polar surface area (TPSA) is 230 Å². The van der Waals surface area contributed by atoms with E-state index >= 15 is 0 Å². The Morgan fingerprint density at radius 3 is 1.63 bits per heavy atom. The third kappa shape index (κ3) is 28.3. The van der Waals surface area contributed by atoms with Crippen LogP contribution in [0, 0.1) is 11.8 Å². The average Bonchev–Trinajstić information content (AvgIpc) is 3.93. The second kappa shape index (κ2) is 35.7. The molecule has 0 aliphatic carbocycles. The first-order valence-corrected chi connectivity index (χ1v) is 30.0. The highest BCUT2D eigenvalue weighted by atomic mass is 28.4. The molecule has 3 N–H and O–H groups in total. The van der Waals surface area contributed by atoms with E-state index in [2.05, 4.69) is 50.2 Å². The van der Waals surface area contributed by atoms with E-state index < -0.39 is 44.0 Å². The summed E-state index contributed by atoms with van der Waals surface area (Å²) in [5, 5.41) is 7.77. The SMILES string of the molecule is CC(C)CC=O.CC[Si](CC)(CC)OOC(C)(C)CC(C)OC(C)=O.COc1ccc2[nH]cc(CCNC(C)=O)c2c1.COc1ccc2c(c1)c(CCNC(C)=O)cn2C(CC(C)C)OOC(C)(C)CC(OC(C)=O)OC(C)=O. The fourth-order valence-electron chi connectivity index (χ4n) is 8.18. The number of H-pyrrole nitrogens is 1. The van der Waals surface area contributed by atoms with E-state index in [1.807, 2.05) is 88.0 Å². The van der Waals surface area contributed by atoms with Gasteiger partial charge in [0.05, 0.1) is 26.2 Å². The van der Waals surface area contributed by atoms with Gasteiger partial charge in [0, 0.05) is 89.2 Å². The lowest BCUT2D eigenvalue weighted by molar-refractivity contribution is -0.399. The number of methoxy groups -OCH3 is 2. The van der Waals surface area contributed by atoms with Gasteiger partial charge >= 0.3 is 17.9 Å². The molecular formula is C59H96N4O15Si. The molecule has 79 heavy (non-hydrogen) atoms. The maximum Gasteiger partial charge on any atom is 0.305 e. The van der Waals surface area contributed by atoms with Crippen LogP contribution in [0.1, 0.15) is 161 Å². The predicted octanol–water partition coefficient (Wildman–Crippen LogP) is 11.6. The number of aromatic amines is 1. The Morgan fingerprint density at radius 2 is 1.18 bits per heavy atom. The minimum Gasteiger partial charge on any atom is -0.497 e. The lowest BCUT2D eigenvalue weighted by atomic mass is 10.0. The van der Waals surface area contributed by atoms with Crippen LogP contribution >= 0.6 is 0 Å². The van der Waals surface area contributed by atoms with Crippen molar-refractivity contribution in [1.29, 1.82) is 0 Å². The zero-order valence-electron chi connectivity index (χ0n) is 50.9. The van der Waals surface area contributed by atoms with E-state index in [4.69, 9.17) is 42.9 Å². The van der Waals surface area contributed by atoms with Crippen LogP contribution in [0.5, 0.6) is 11.5 Å². The summed E-state index contributed by atoms with van der Waals surface area (Å²) in [6.45, 7) is 32.1. The first-order chi connectivity index (χ1) is 37.0. The van der Waals surface area contributed by atoms with Crippen LogP contribution in [-0.4, -0.2) is 105 Å². The number of nitrogens with one attached hydrogen (secondary N) is 3. The number of benzene rings is 2. The number of rotatable bonds is 29. The number of esters is 3. The number of amides is 2. The van der Waals surface area contributed by atoms with Crippen molar-refractivity contribution in [3.05, 3.63) is 59.9 Å². The van der Waals surface area contributed by atoms with E-state index in [9.17, 15) is 28.8 Å². The van der Waals surface area contributed by atoms with Crippen molar-refractivity contribution in [3.63, 3.8) is 0 Å². The van der Waals surface area contributed by atoms with Crippen molar-refractivity contribution in [2.75, 3.05) is 27.3 Å². The second-order valence-corrected chi connectivity index (χ2v) is 26.3. The summed E-state index contributed by atoms with van der Waals surface area (Å²) in [5.74, 6) is 0.908. The summed E-state index contributed by atoms with van der Waals surface area (Å²) in [7, 11) is 1.54. The second-order valence-electron chi connectivity index (χ2n) is 21.6. The van der Waals surface area contributed by atoms with Gasteiger partial charge in [-0.05, 0) is 131 Å². The third-order valence-electron chi connectivity index (χ3n) is 12.3. The fraction of sp³-hybridized carbons (Fsp3) is 0.627. The van der Waals surface area contributed by atoms with Gasteiger partial charge < -0.3 is 48.7 Å². The molecule has 4 aromatic rings. The van der Waals surface area contributed by atoms with Crippen molar-refractivity contribution >= 4 is 66.1 Å². The molecule has 2 aromatic carbocycles. The van der Waals surface area contributed by atoms with Crippen LogP contribution in [0.25, 0.3) is 21.8 Å². The maximum atomic E-state index is 11.5. The Kier molecular flexibility index (Phi) is 32.2. The molecule has 20 heteroatoms. The number of hydrogen-bond acceptors (Lipinski definition) is 15. The van der Waals surface area contributed by atoms with Gasteiger partial charge in [-0.25, -0.2) is 14.7 Å². The molecule has 2 aromatic heterocycles. The minimum atomic E-state index is -1.74. The average molecular weight is 1130 g/mol. The standard InChI is InChI=1S/C27H40N2O8.C14H30O4Si.C13H16N2O2.C5H10O/c1-17(2)13-25(36-37-27(6,7)15-26(34-19(4)31)35-20(5)32)29-16-21(11-12-28-18(3)30)23-14-22(33-8)9-10-24(23)29;1-8-19(9-2,10-3)18-17-14(6,7)11-12(4)16-13(5)15;1-9(16)14-6-5-10-8-15-13-4-3-11(17-2)7-12(10)13;1-5(2)3-4-6/h9-10,14,16-17,25-26H,11-13,15H2,1-8H3,(H,28,30);12H,8-11H2,1-7H3;3-4,7-8,15H,5-6H2,1-2H3,(H,14,16);4-5H,3H2,1-2H3. The summed E-state index contributed by atoms with van der Waals surface area (Å²) in [4.78, 5) is 86.4. The number of ether oxygens (including phenoxy) is 5. The highest BCUT2D eigenvalue weighted by Gasteiger charge is 2.35. The Bertz CT molecular complexity index is 2450. The summed E-state index contributed by atoms with van der Waals surface area (Å²) >= 11 is 0. The molecule has 0 bridgehead atoms. The third-order valence-corrected chi connectivity index (χ3v) is 16.6.